The fourth-order valence-corrected chi connectivity index (χ4v) is 6.43. The van der Waals surface area contributed by atoms with E-state index in [1.165, 1.54) is 13.7 Å². The molecule has 1 aliphatic rings. The van der Waals surface area contributed by atoms with Crippen molar-refractivity contribution < 1.29 is 22.0 Å². The number of rotatable bonds is 3. The van der Waals surface area contributed by atoms with Crippen molar-refractivity contribution >= 4 is 53.1 Å². The van der Waals surface area contributed by atoms with Crippen LogP contribution < -0.4 is 13.3 Å². The summed E-state index contributed by atoms with van der Waals surface area (Å²) in [6, 6.07) is 13.8. The van der Waals surface area contributed by atoms with Gasteiger partial charge in [0, 0.05) is 15.6 Å². The number of benzene rings is 2. The second kappa shape index (κ2) is 9.94. The molecule has 0 saturated carbocycles. The van der Waals surface area contributed by atoms with E-state index in [4.69, 9.17) is 27.9 Å². The Kier molecular flexibility index (Phi) is 7.73. The smallest absolute Gasteiger partial charge is 0.479 e. The van der Waals surface area contributed by atoms with Crippen molar-refractivity contribution in [2.45, 2.75) is 20.0 Å². The summed E-state index contributed by atoms with van der Waals surface area (Å²) in [7, 11) is -6.00. The first-order valence-corrected chi connectivity index (χ1v) is 11.8. The molecule has 0 N–H and O–H groups in total. The van der Waals surface area contributed by atoms with Crippen molar-refractivity contribution in [2.75, 3.05) is 13.1 Å². The molecule has 0 spiro atoms. The SMILES string of the molecule is CC[N+](CC)=c1sc2c(s1)C(c1ccc(Cl)cc1)Oc1ccc(Cl)cc1-2.F[B-](F)(F)F. The molecule has 11 heteroatoms. The zero-order chi connectivity index (χ0) is 22.8. The van der Waals surface area contributed by atoms with Crippen LogP contribution >= 0.6 is 45.9 Å². The first-order valence-electron chi connectivity index (χ1n) is 9.41. The van der Waals surface area contributed by atoms with Gasteiger partial charge in [0.2, 0.25) is 0 Å². The molecule has 1 aromatic heterocycles. The highest BCUT2D eigenvalue weighted by Gasteiger charge is 2.32. The van der Waals surface area contributed by atoms with E-state index >= 15 is 0 Å². The molecule has 2 nitrogen and oxygen atoms in total. The van der Waals surface area contributed by atoms with Gasteiger partial charge in [0.25, 0.3) is 0 Å². The molecule has 1 atom stereocenters. The molecule has 31 heavy (non-hydrogen) atoms. The van der Waals surface area contributed by atoms with Crippen LogP contribution in [-0.4, -0.2) is 20.3 Å². The van der Waals surface area contributed by atoms with E-state index in [9.17, 15) is 17.3 Å². The van der Waals surface area contributed by atoms with Gasteiger partial charge in [0.15, 0.2) is 6.10 Å². The maximum Gasteiger partial charge on any atom is 0.673 e. The van der Waals surface area contributed by atoms with Crippen molar-refractivity contribution in [2.24, 2.45) is 0 Å². The van der Waals surface area contributed by atoms with Crippen molar-refractivity contribution in [3.8, 4) is 16.2 Å². The molecule has 2 aromatic carbocycles. The first kappa shape index (κ1) is 24.1. The van der Waals surface area contributed by atoms with E-state index in [-0.39, 0.29) is 6.10 Å². The van der Waals surface area contributed by atoms with E-state index in [0.717, 1.165) is 40.0 Å². The lowest BCUT2D eigenvalue weighted by molar-refractivity contribution is 0.248. The summed E-state index contributed by atoms with van der Waals surface area (Å²) in [6.07, 6.45) is -0.124. The summed E-state index contributed by atoms with van der Waals surface area (Å²) >= 11 is 16.0. The van der Waals surface area contributed by atoms with Gasteiger partial charge >= 0.3 is 11.2 Å². The highest BCUT2D eigenvalue weighted by molar-refractivity contribution is 7.29. The maximum atomic E-state index is 9.75. The molecular formula is C20H18BCl2F4NOS2. The third-order valence-corrected chi connectivity index (χ3v) is 7.74. The summed E-state index contributed by atoms with van der Waals surface area (Å²) in [5.74, 6) is 0.877. The van der Waals surface area contributed by atoms with Crippen LogP contribution in [0.3, 0.4) is 0 Å². The lowest BCUT2D eigenvalue weighted by Gasteiger charge is -2.26. The molecule has 1 unspecified atom stereocenters. The molecule has 0 bridgehead atoms. The summed E-state index contributed by atoms with van der Waals surface area (Å²) < 4.78 is 49.1. The van der Waals surface area contributed by atoms with Crippen LogP contribution in [0.15, 0.2) is 42.5 Å². The molecule has 166 valence electrons. The van der Waals surface area contributed by atoms with Crippen molar-refractivity contribution in [1.29, 1.82) is 0 Å². The second-order valence-electron chi connectivity index (χ2n) is 6.52. The minimum Gasteiger partial charge on any atom is -0.479 e. The Morgan fingerprint density at radius 3 is 2.10 bits per heavy atom. The molecule has 0 saturated heterocycles. The summed E-state index contributed by atoms with van der Waals surface area (Å²) in [4.78, 5) is 2.48. The van der Waals surface area contributed by atoms with Gasteiger partial charge in [-0.15, -0.1) is 0 Å². The largest absolute Gasteiger partial charge is 0.673 e. The van der Waals surface area contributed by atoms with Crippen LogP contribution in [0, 0.1) is 0 Å². The fraction of sp³-hybridized carbons (Fsp3) is 0.250. The van der Waals surface area contributed by atoms with E-state index < -0.39 is 7.25 Å². The van der Waals surface area contributed by atoms with Gasteiger partial charge in [-0.1, -0.05) is 58.0 Å². The number of hydrogen-bond acceptors (Lipinski definition) is 3. The van der Waals surface area contributed by atoms with Gasteiger partial charge in [0.1, 0.15) is 18.8 Å². The Morgan fingerprint density at radius 2 is 1.52 bits per heavy atom. The minimum atomic E-state index is -6.00. The molecular weight excluding hydrogens is 492 g/mol. The van der Waals surface area contributed by atoms with E-state index in [1.54, 1.807) is 0 Å². The molecule has 0 radical (unpaired) electrons. The number of halogens is 6. The summed E-state index contributed by atoms with van der Waals surface area (Å²) in [6.45, 7) is 6.35. The number of fused-ring (bicyclic) bond motifs is 3. The Bertz CT molecular complexity index is 1120. The fourth-order valence-electron chi connectivity index (χ4n) is 3.09. The monoisotopic (exact) mass is 509 g/mol. The van der Waals surface area contributed by atoms with Crippen LogP contribution in [0.25, 0.3) is 10.4 Å². The molecule has 2 heterocycles. The van der Waals surface area contributed by atoms with Gasteiger partial charge in [0.05, 0.1) is 9.75 Å². The number of ether oxygens (including phenoxy) is 1. The Hall–Kier alpha value is -1.55. The Labute approximate surface area is 195 Å². The van der Waals surface area contributed by atoms with E-state index in [2.05, 4.69) is 18.4 Å². The quantitative estimate of drug-likeness (QED) is 0.204. The van der Waals surface area contributed by atoms with Crippen LogP contribution in [-0.2, 0) is 0 Å². The summed E-state index contributed by atoms with van der Waals surface area (Å²) in [5.41, 5.74) is 2.19. The lowest BCUT2D eigenvalue weighted by atomic mass is 10.0. The zero-order valence-corrected chi connectivity index (χ0v) is 19.7. The number of nitrogens with zero attached hydrogens (tertiary/aromatic N) is 1. The van der Waals surface area contributed by atoms with Gasteiger partial charge in [-0.3, -0.25) is 0 Å². The van der Waals surface area contributed by atoms with Crippen molar-refractivity contribution in [3.63, 3.8) is 0 Å². The maximum absolute atomic E-state index is 9.75. The third-order valence-electron chi connectivity index (χ3n) is 4.47. The lowest BCUT2D eigenvalue weighted by Crippen LogP contribution is -2.25. The Balaban J connectivity index is 0.000000491. The molecule has 0 fully saturated rings. The van der Waals surface area contributed by atoms with Crippen molar-refractivity contribution in [3.05, 3.63) is 66.9 Å². The molecule has 0 amide bonds. The molecule has 0 aliphatic carbocycles. The highest BCUT2D eigenvalue weighted by atomic mass is 35.5. The molecule has 4 rings (SSSR count). The van der Waals surface area contributed by atoms with Crippen LogP contribution in [0.5, 0.6) is 5.75 Å². The average Bonchev–Trinajstić information content (AvgIpc) is 3.13. The predicted octanol–water partition coefficient (Wildman–Crippen LogP) is 7.38. The molecule has 1 aliphatic heterocycles. The van der Waals surface area contributed by atoms with Crippen LogP contribution in [0.4, 0.5) is 17.3 Å². The van der Waals surface area contributed by atoms with Gasteiger partial charge in [-0.05, 0) is 49.7 Å². The van der Waals surface area contributed by atoms with E-state index in [0.29, 0.717) is 0 Å². The average molecular weight is 510 g/mol. The third kappa shape index (κ3) is 6.03. The van der Waals surface area contributed by atoms with Crippen LogP contribution in [0.1, 0.15) is 30.4 Å². The number of hydrogen-bond donors (Lipinski definition) is 0. The van der Waals surface area contributed by atoms with Gasteiger partial charge in [-0.2, -0.15) is 0 Å². The van der Waals surface area contributed by atoms with Crippen LogP contribution in [0.2, 0.25) is 10.0 Å². The highest BCUT2D eigenvalue weighted by Crippen LogP contribution is 2.48. The minimum absolute atomic E-state index is 0.124. The normalized spacial score (nSPS) is 14.6. The van der Waals surface area contributed by atoms with E-state index in [1.807, 2.05) is 65.1 Å². The summed E-state index contributed by atoms with van der Waals surface area (Å²) in [5, 5.41) is 1.46. The standard InChI is InChI=1S/C20H18Cl2NOS2.BF4/c1-3-23(4-2)20-25-18-15-11-14(22)9-10-16(15)24-17(19(18)26-20)12-5-7-13(21)8-6-12;2-1(3,4)5/h5-11,17H,3-4H2,1-2H3;/q+1;-1. The topological polar surface area (TPSA) is 12.2 Å². The van der Waals surface area contributed by atoms with Gasteiger partial charge < -0.3 is 22.0 Å². The van der Waals surface area contributed by atoms with Crippen molar-refractivity contribution in [1.82, 2.24) is 4.58 Å². The molecule has 3 aromatic rings. The zero-order valence-electron chi connectivity index (χ0n) is 16.6. The second-order valence-corrected chi connectivity index (χ2v) is 9.68. The predicted molar refractivity (Wildman–Crippen MR) is 123 cm³/mol. The van der Waals surface area contributed by atoms with Gasteiger partial charge in [-0.25, -0.2) is 4.58 Å². The first-order chi connectivity index (χ1) is 14.6. The Morgan fingerprint density at radius 1 is 0.935 bits per heavy atom.